The lowest BCUT2D eigenvalue weighted by Gasteiger charge is -2.35. The molecule has 1 aliphatic heterocycles. The zero-order valence-corrected chi connectivity index (χ0v) is 14.0. The van der Waals surface area contributed by atoms with Crippen molar-refractivity contribution in [3.8, 4) is 0 Å². The largest absolute Gasteiger partial charge is 0.469 e. The van der Waals surface area contributed by atoms with Crippen molar-refractivity contribution in [2.75, 3.05) is 44.7 Å². The Labute approximate surface area is 132 Å². The molecule has 0 bridgehead atoms. The van der Waals surface area contributed by atoms with Gasteiger partial charge in [0.1, 0.15) is 11.6 Å². The van der Waals surface area contributed by atoms with E-state index in [0.29, 0.717) is 12.3 Å². The zero-order chi connectivity index (χ0) is 16.1. The minimum Gasteiger partial charge on any atom is -0.469 e. The second-order valence-electron chi connectivity index (χ2n) is 6.04. The first-order valence-corrected chi connectivity index (χ1v) is 7.89. The van der Waals surface area contributed by atoms with Crippen molar-refractivity contribution in [1.82, 2.24) is 14.9 Å². The molecule has 122 valence electrons. The Morgan fingerprint density at radius 3 is 2.55 bits per heavy atom. The Hall–Kier alpha value is -1.69. The molecule has 0 aromatic carbocycles. The minimum absolute atomic E-state index is 0.143. The van der Waals surface area contributed by atoms with Crippen LogP contribution in [-0.4, -0.2) is 60.7 Å². The van der Waals surface area contributed by atoms with Gasteiger partial charge in [0.05, 0.1) is 13.5 Å². The van der Waals surface area contributed by atoms with Crippen LogP contribution in [0, 0.1) is 6.92 Å². The first-order valence-electron chi connectivity index (χ1n) is 7.89. The molecule has 0 saturated carbocycles. The molecular weight excluding hydrogens is 280 g/mol. The Balaban J connectivity index is 1.93. The molecule has 0 atom stereocenters. The fourth-order valence-electron chi connectivity index (χ4n) is 2.55. The quantitative estimate of drug-likeness (QED) is 0.770. The monoisotopic (exact) mass is 306 g/mol. The molecule has 0 unspecified atom stereocenters. The highest BCUT2D eigenvalue weighted by Gasteiger charge is 2.19. The van der Waals surface area contributed by atoms with Crippen molar-refractivity contribution in [1.29, 1.82) is 0 Å². The number of carbonyl (C=O) groups is 1. The highest BCUT2D eigenvalue weighted by Crippen LogP contribution is 2.18. The Morgan fingerprint density at radius 2 is 1.95 bits per heavy atom. The molecule has 6 heteroatoms. The van der Waals surface area contributed by atoms with Gasteiger partial charge in [0.15, 0.2) is 0 Å². The van der Waals surface area contributed by atoms with E-state index < -0.39 is 0 Å². The van der Waals surface area contributed by atoms with Crippen LogP contribution in [0.25, 0.3) is 0 Å². The first-order chi connectivity index (χ1) is 10.5. The van der Waals surface area contributed by atoms with Crippen LogP contribution < -0.4 is 4.90 Å². The van der Waals surface area contributed by atoms with E-state index in [-0.39, 0.29) is 5.97 Å². The molecule has 1 aromatic rings. The predicted molar refractivity (Wildman–Crippen MR) is 86.1 cm³/mol. The summed E-state index contributed by atoms with van der Waals surface area (Å²) >= 11 is 0. The van der Waals surface area contributed by atoms with Crippen molar-refractivity contribution < 1.29 is 9.53 Å². The van der Waals surface area contributed by atoms with E-state index in [4.69, 9.17) is 4.98 Å². The molecule has 1 fully saturated rings. The third-order valence-electron chi connectivity index (χ3n) is 3.93. The van der Waals surface area contributed by atoms with Gasteiger partial charge in [-0.05, 0) is 6.92 Å². The molecule has 22 heavy (non-hydrogen) atoms. The maximum absolute atomic E-state index is 11.2. The molecule has 1 aliphatic rings. The number of hydrogen-bond donors (Lipinski definition) is 0. The highest BCUT2D eigenvalue weighted by atomic mass is 16.5. The number of methoxy groups -OCH3 is 1. The van der Waals surface area contributed by atoms with Gasteiger partial charge in [-0.1, -0.05) is 13.8 Å². The highest BCUT2D eigenvalue weighted by molar-refractivity contribution is 5.69. The maximum Gasteiger partial charge on any atom is 0.306 e. The van der Waals surface area contributed by atoms with Crippen LogP contribution in [0.1, 0.15) is 37.7 Å². The number of nitrogens with zero attached hydrogens (tertiary/aromatic N) is 4. The van der Waals surface area contributed by atoms with Gasteiger partial charge >= 0.3 is 5.97 Å². The van der Waals surface area contributed by atoms with Crippen molar-refractivity contribution in [3.05, 3.63) is 17.6 Å². The van der Waals surface area contributed by atoms with Crippen LogP contribution in [0.4, 0.5) is 5.82 Å². The Morgan fingerprint density at radius 1 is 1.27 bits per heavy atom. The number of rotatable bonds is 5. The van der Waals surface area contributed by atoms with Crippen molar-refractivity contribution in [2.45, 2.75) is 33.1 Å². The number of aryl methyl sites for hydroxylation is 1. The van der Waals surface area contributed by atoms with Crippen LogP contribution in [0.3, 0.4) is 0 Å². The summed E-state index contributed by atoms with van der Waals surface area (Å²) in [7, 11) is 1.43. The normalized spacial score (nSPS) is 16.1. The van der Waals surface area contributed by atoms with Gasteiger partial charge in [-0.15, -0.1) is 0 Å². The fraction of sp³-hybridized carbons (Fsp3) is 0.688. The standard InChI is InChI=1S/C16H26N4O2/c1-12(2)16-17-13(3)11-14(18-16)20-9-7-19(8-10-20)6-5-15(21)22-4/h11-12H,5-10H2,1-4H3. The lowest BCUT2D eigenvalue weighted by molar-refractivity contribution is -0.141. The number of carbonyl (C=O) groups excluding carboxylic acids is 1. The van der Waals surface area contributed by atoms with E-state index in [2.05, 4.69) is 39.4 Å². The SMILES string of the molecule is COC(=O)CCN1CCN(c2cc(C)nc(C(C)C)n2)CC1. The fourth-order valence-corrected chi connectivity index (χ4v) is 2.55. The van der Waals surface area contributed by atoms with Crippen molar-refractivity contribution in [2.24, 2.45) is 0 Å². The molecule has 2 rings (SSSR count). The summed E-state index contributed by atoms with van der Waals surface area (Å²) in [4.78, 5) is 25.0. The lowest BCUT2D eigenvalue weighted by Crippen LogP contribution is -2.47. The van der Waals surface area contributed by atoms with E-state index in [1.807, 2.05) is 6.92 Å². The van der Waals surface area contributed by atoms with Crippen LogP contribution >= 0.6 is 0 Å². The Bertz CT molecular complexity index is 511. The third kappa shape index (κ3) is 4.40. The summed E-state index contributed by atoms with van der Waals surface area (Å²) in [6.45, 7) is 10.7. The van der Waals surface area contributed by atoms with Crippen molar-refractivity contribution in [3.63, 3.8) is 0 Å². The number of aromatic nitrogens is 2. The van der Waals surface area contributed by atoms with E-state index in [9.17, 15) is 4.79 Å². The number of anilines is 1. The molecule has 0 aliphatic carbocycles. The molecule has 1 aromatic heterocycles. The second kappa shape index (κ2) is 7.54. The maximum atomic E-state index is 11.2. The van der Waals surface area contributed by atoms with Gasteiger partial charge in [0.25, 0.3) is 0 Å². The summed E-state index contributed by atoms with van der Waals surface area (Å²) < 4.78 is 4.69. The van der Waals surface area contributed by atoms with Gasteiger partial charge in [-0.3, -0.25) is 9.69 Å². The number of ether oxygens (including phenoxy) is 1. The summed E-state index contributed by atoms with van der Waals surface area (Å²) in [5.74, 6) is 2.11. The lowest BCUT2D eigenvalue weighted by atomic mass is 10.2. The second-order valence-corrected chi connectivity index (χ2v) is 6.04. The molecule has 0 spiro atoms. The first kappa shape index (κ1) is 16.7. The van der Waals surface area contributed by atoms with Crippen LogP contribution in [-0.2, 0) is 9.53 Å². The zero-order valence-electron chi connectivity index (χ0n) is 14.0. The molecule has 0 radical (unpaired) electrons. The van der Waals surface area contributed by atoms with Crippen LogP contribution in [0.5, 0.6) is 0 Å². The average Bonchev–Trinajstić information content (AvgIpc) is 2.52. The summed E-state index contributed by atoms with van der Waals surface area (Å²) in [6, 6.07) is 2.05. The molecule has 2 heterocycles. The van der Waals surface area contributed by atoms with Crippen LogP contribution in [0.15, 0.2) is 6.07 Å². The number of esters is 1. The molecule has 0 amide bonds. The third-order valence-corrected chi connectivity index (χ3v) is 3.93. The van der Waals surface area contributed by atoms with E-state index in [1.165, 1.54) is 7.11 Å². The van der Waals surface area contributed by atoms with Gasteiger partial charge in [0.2, 0.25) is 0 Å². The topological polar surface area (TPSA) is 58.6 Å². The smallest absolute Gasteiger partial charge is 0.306 e. The molecule has 0 N–H and O–H groups in total. The molecule has 6 nitrogen and oxygen atoms in total. The Kier molecular flexibility index (Phi) is 5.71. The number of hydrogen-bond acceptors (Lipinski definition) is 6. The van der Waals surface area contributed by atoms with Crippen molar-refractivity contribution >= 4 is 11.8 Å². The number of piperazine rings is 1. The minimum atomic E-state index is -0.143. The van der Waals surface area contributed by atoms with Gasteiger partial charge in [-0.25, -0.2) is 9.97 Å². The predicted octanol–water partition coefficient (Wildman–Crippen LogP) is 1.59. The van der Waals surface area contributed by atoms with Gasteiger partial charge < -0.3 is 9.64 Å². The summed E-state index contributed by atoms with van der Waals surface area (Å²) in [5, 5.41) is 0. The van der Waals surface area contributed by atoms with E-state index in [1.54, 1.807) is 0 Å². The van der Waals surface area contributed by atoms with E-state index >= 15 is 0 Å². The van der Waals surface area contributed by atoms with Crippen LogP contribution in [0.2, 0.25) is 0 Å². The summed E-state index contributed by atoms with van der Waals surface area (Å²) in [6.07, 6.45) is 0.459. The average molecular weight is 306 g/mol. The van der Waals surface area contributed by atoms with E-state index in [0.717, 1.165) is 50.1 Å². The summed E-state index contributed by atoms with van der Waals surface area (Å²) in [5.41, 5.74) is 1.02. The molecular formula is C16H26N4O2. The van der Waals surface area contributed by atoms with Gasteiger partial charge in [0, 0.05) is 50.4 Å². The van der Waals surface area contributed by atoms with Gasteiger partial charge in [-0.2, -0.15) is 0 Å². The molecule has 1 saturated heterocycles.